The molecule has 1 aromatic carbocycles. The van der Waals surface area contributed by atoms with Crippen molar-refractivity contribution in [1.82, 2.24) is 10.2 Å². The van der Waals surface area contributed by atoms with Gasteiger partial charge < -0.3 is 16.0 Å². The minimum Gasteiger partial charge on any atom is -0.352 e. The van der Waals surface area contributed by atoms with Crippen molar-refractivity contribution in [2.24, 2.45) is 5.73 Å². The fraction of sp³-hybridized carbons (Fsp3) is 0.467. The van der Waals surface area contributed by atoms with Gasteiger partial charge in [0.1, 0.15) is 6.04 Å². The van der Waals surface area contributed by atoms with Crippen LogP contribution in [0.15, 0.2) is 24.3 Å². The molecule has 0 aromatic heterocycles. The molecule has 1 aromatic rings. The quantitative estimate of drug-likeness (QED) is 0.900. The maximum absolute atomic E-state index is 12.5. The summed E-state index contributed by atoms with van der Waals surface area (Å²) in [5, 5.41) is 3.11. The fourth-order valence-electron chi connectivity index (χ4n) is 2.78. The number of piperidine rings is 1. The average molecular weight is 310 g/mol. The van der Waals surface area contributed by atoms with Gasteiger partial charge in [-0.2, -0.15) is 0 Å². The monoisotopic (exact) mass is 309 g/mol. The van der Waals surface area contributed by atoms with E-state index in [0.717, 1.165) is 24.8 Å². The fourth-order valence-corrected chi connectivity index (χ4v) is 2.98. The normalized spacial score (nSPS) is 19.9. The van der Waals surface area contributed by atoms with E-state index in [-0.39, 0.29) is 11.9 Å². The van der Waals surface area contributed by atoms with Crippen LogP contribution in [0.5, 0.6) is 0 Å². The standard InChI is InChI=1S/C15H20ClN3O2/c1-10(18-15(17)21)14(20)19-8-3-2-7-13(19)11-5-4-6-12(16)9-11/h4-6,9-10,13H,2-3,7-8H2,1H3,(H3,17,18,21)/t10-,13?/m0/s1. The molecular formula is C15H20ClN3O2. The first-order chi connectivity index (χ1) is 9.99. The van der Waals surface area contributed by atoms with Crippen molar-refractivity contribution in [1.29, 1.82) is 0 Å². The molecule has 2 atom stereocenters. The predicted molar refractivity (Wildman–Crippen MR) is 81.9 cm³/mol. The molecule has 0 bridgehead atoms. The number of halogens is 1. The lowest BCUT2D eigenvalue weighted by Crippen LogP contribution is -2.50. The van der Waals surface area contributed by atoms with Crippen molar-refractivity contribution in [3.05, 3.63) is 34.9 Å². The third-order valence-electron chi connectivity index (χ3n) is 3.75. The molecule has 1 aliphatic rings. The Balaban J connectivity index is 2.19. The number of nitrogens with two attached hydrogens (primary N) is 1. The summed E-state index contributed by atoms with van der Waals surface area (Å²) in [4.78, 5) is 25.3. The lowest BCUT2D eigenvalue weighted by atomic mass is 9.94. The highest BCUT2D eigenvalue weighted by molar-refractivity contribution is 6.30. The van der Waals surface area contributed by atoms with Crippen LogP contribution in [-0.2, 0) is 4.79 Å². The van der Waals surface area contributed by atoms with E-state index in [0.29, 0.717) is 11.6 Å². The molecule has 0 aliphatic carbocycles. The molecule has 2 rings (SSSR count). The van der Waals surface area contributed by atoms with Crippen LogP contribution in [0, 0.1) is 0 Å². The zero-order chi connectivity index (χ0) is 15.4. The Morgan fingerprint density at radius 2 is 2.19 bits per heavy atom. The second-order valence-electron chi connectivity index (χ2n) is 5.33. The molecule has 5 nitrogen and oxygen atoms in total. The summed E-state index contributed by atoms with van der Waals surface area (Å²) < 4.78 is 0. The van der Waals surface area contributed by atoms with Gasteiger partial charge in [-0.25, -0.2) is 4.79 Å². The van der Waals surface area contributed by atoms with Crippen LogP contribution in [0.2, 0.25) is 5.02 Å². The number of carbonyl (C=O) groups excluding carboxylic acids is 2. The van der Waals surface area contributed by atoms with Gasteiger partial charge in [-0.05, 0) is 43.9 Å². The number of hydrogen-bond donors (Lipinski definition) is 2. The van der Waals surface area contributed by atoms with E-state index in [2.05, 4.69) is 5.32 Å². The minimum atomic E-state index is -0.688. The van der Waals surface area contributed by atoms with Gasteiger partial charge in [-0.1, -0.05) is 23.7 Å². The highest BCUT2D eigenvalue weighted by Gasteiger charge is 2.31. The molecule has 0 radical (unpaired) electrons. The van der Waals surface area contributed by atoms with Gasteiger partial charge in [0.2, 0.25) is 5.91 Å². The van der Waals surface area contributed by atoms with Crippen molar-refractivity contribution < 1.29 is 9.59 Å². The number of amides is 3. The number of carbonyl (C=O) groups is 2. The van der Waals surface area contributed by atoms with Crippen LogP contribution >= 0.6 is 11.6 Å². The Bertz CT molecular complexity index is 535. The summed E-state index contributed by atoms with van der Waals surface area (Å²) >= 11 is 6.05. The predicted octanol–water partition coefficient (Wildman–Crippen LogP) is 2.45. The van der Waals surface area contributed by atoms with Gasteiger partial charge in [-0.3, -0.25) is 4.79 Å². The van der Waals surface area contributed by atoms with Crippen molar-refractivity contribution in [3.8, 4) is 0 Å². The van der Waals surface area contributed by atoms with Crippen molar-refractivity contribution in [3.63, 3.8) is 0 Å². The summed E-state index contributed by atoms with van der Waals surface area (Å²) in [7, 11) is 0. The van der Waals surface area contributed by atoms with Crippen LogP contribution in [0.1, 0.15) is 37.8 Å². The van der Waals surface area contributed by atoms with Gasteiger partial charge in [0.15, 0.2) is 0 Å². The number of primary amides is 1. The van der Waals surface area contributed by atoms with E-state index >= 15 is 0 Å². The summed E-state index contributed by atoms with van der Waals surface area (Å²) in [5.41, 5.74) is 6.12. The van der Waals surface area contributed by atoms with Crippen molar-refractivity contribution in [2.75, 3.05) is 6.54 Å². The molecule has 1 fully saturated rings. The lowest BCUT2D eigenvalue weighted by Gasteiger charge is -2.37. The highest BCUT2D eigenvalue weighted by atomic mass is 35.5. The Labute approximate surface area is 129 Å². The molecule has 1 heterocycles. The number of hydrogen-bond acceptors (Lipinski definition) is 2. The van der Waals surface area contributed by atoms with Crippen molar-refractivity contribution in [2.45, 2.75) is 38.3 Å². The summed E-state index contributed by atoms with van der Waals surface area (Å²) in [6, 6.07) is 6.27. The molecule has 6 heteroatoms. The van der Waals surface area contributed by atoms with E-state index < -0.39 is 12.1 Å². The maximum Gasteiger partial charge on any atom is 0.312 e. The molecule has 1 unspecified atom stereocenters. The third kappa shape index (κ3) is 3.88. The van der Waals surface area contributed by atoms with Crippen LogP contribution in [-0.4, -0.2) is 29.4 Å². The second kappa shape index (κ2) is 6.80. The van der Waals surface area contributed by atoms with Gasteiger partial charge in [0.25, 0.3) is 0 Å². The zero-order valence-electron chi connectivity index (χ0n) is 12.0. The first-order valence-corrected chi connectivity index (χ1v) is 7.48. The maximum atomic E-state index is 12.5. The molecular weight excluding hydrogens is 290 g/mol. The van der Waals surface area contributed by atoms with E-state index in [9.17, 15) is 9.59 Å². The molecule has 114 valence electrons. The summed E-state index contributed by atoms with van der Waals surface area (Å²) in [5.74, 6) is -0.113. The van der Waals surface area contributed by atoms with Gasteiger partial charge >= 0.3 is 6.03 Å². The second-order valence-corrected chi connectivity index (χ2v) is 5.76. The van der Waals surface area contributed by atoms with Crippen LogP contribution < -0.4 is 11.1 Å². The smallest absolute Gasteiger partial charge is 0.312 e. The van der Waals surface area contributed by atoms with E-state index in [1.807, 2.05) is 29.2 Å². The molecule has 21 heavy (non-hydrogen) atoms. The molecule has 3 amide bonds. The molecule has 0 saturated carbocycles. The lowest BCUT2D eigenvalue weighted by molar-refractivity contribution is -0.136. The average Bonchev–Trinajstić information content (AvgIpc) is 2.45. The Hall–Kier alpha value is -1.75. The molecule has 0 spiro atoms. The number of likely N-dealkylation sites (tertiary alicyclic amines) is 1. The van der Waals surface area contributed by atoms with E-state index in [4.69, 9.17) is 17.3 Å². The van der Waals surface area contributed by atoms with Gasteiger partial charge in [0.05, 0.1) is 6.04 Å². The first-order valence-electron chi connectivity index (χ1n) is 7.11. The Kier molecular flexibility index (Phi) is 5.07. The van der Waals surface area contributed by atoms with Crippen LogP contribution in [0.4, 0.5) is 4.79 Å². The molecule has 1 saturated heterocycles. The Morgan fingerprint density at radius 3 is 2.86 bits per heavy atom. The minimum absolute atomic E-state index is 0.00192. The zero-order valence-corrected chi connectivity index (χ0v) is 12.8. The molecule has 3 N–H and O–H groups in total. The number of nitrogens with zero attached hydrogens (tertiary/aromatic N) is 1. The number of benzene rings is 1. The number of nitrogens with one attached hydrogen (secondary N) is 1. The van der Waals surface area contributed by atoms with Gasteiger partial charge in [-0.15, -0.1) is 0 Å². The summed E-state index contributed by atoms with van der Waals surface area (Å²) in [6.07, 6.45) is 2.93. The largest absolute Gasteiger partial charge is 0.352 e. The first kappa shape index (κ1) is 15.6. The van der Waals surface area contributed by atoms with Gasteiger partial charge in [0, 0.05) is 11.6 Å². The highest BCUT2D eigenvalue weighted by Crippen LogP contribution is 2.32. The Morgan fingerprint density at radius 1 is 1.43 bits per heavy atom. The van der Waals surface area contributed by atoms with Crippen LogP contribution in [0.3, 0.4) is 0 Å². The van der Waals surface area contributed by atoms with E-state index in [1.165, 1.54) is 0 Å². The number of rotatable bonds is 3. The van der Waals surface area contributed by atoms with Crippen molar-refractivity contribution >= 4 is 23.5 Å². The van der Waals surface area contributed by atoms with Crippen LogP contribution in [0.25, 0.3) is 0 Å². The number of urea groups is 1. The summed E-state index contributed by atoms with van der Waals surface area (Å²) in [6.45, 7) is 2.33. The SMILES string of the molecule is C[C@H](NC(N)=O)C(=O)N1CCCCC1c1cccc(Cl)c1. The topological polar surface area (TPSA) is 75.4 Å². The molecule has 1 aliphatic heterocycles. The van der Waals surface area contributed by atoms with E-state index in [1.54, 1.807) is 6.92 Å². The third-order valence-corrected chi connectivity index (χ3v) is 3.98.